The molecule has 0 spiro atoms. The van der Waals surface area contributed by atoms with Gasteiger partial charge in [0.15, 0.2) is 0 Å². The molecular weight excluding hydrogens is 196 g/mol. The highest BCUT2D eigenvalue weighted by molar-refractivity contribution is 5.07. The molecular formula is C14H27N2+. The van der Waals surface area contributed by atoms with E-state index in [1.807, 2.05) is 0 Å². The number of nitrogens with one attached hydrogen (secondary N) is 1. The summed E-state index contributed by atoms with van der Waals surface area (Å²) in [7, 11) is 0. The second-order valence-corrected chi connectivity index (χ2v) is 4.56. The van der Waals surface area contributed by atoms with Crippen molar-refractivity contribution in [1.82, 2.24) is 4.98 Å². The number of imidazole rings is 1. The van der Waals surface area contributed by atoms with Gasteiger partial charge in [-0.05, 0) is 12.8 Å². The molecule has 1 rings (SSSR count). The van der Waals surface area contributed by atoms with Crippen LogP contribution in [-0.4, -0.2) is 4.98 Å². The Morgan fingerprint density at radius 3 is 2.31 bits per heavy atom. The number of aryl methyl sites for hydroxylation is 2. The normalized spacial score (nSPS) is 11.0. The summed E-state index contributed by atoms with van der Waals surface area (Å²) >= 11 is 0. The lowest BCUT2D eigenvalue weighted by atomic mass is 10.2. The molecule has 0 aliphatic heterocycles. The molecule has 1 aromatic heterocycles. The lowest BCUT2D eigenvalue weighted by molar-refractivity contribution is -0.708. The Morgan fingerprint density at radius 2 is 1.75 bits per heavy atom. The Kier molecular flexibility index (Phi) is 5.58. The van der Waals surface area contributed by atoms with Gasteiger partial charge in [0, 0.05) is 19.8 Å². The summed E-state index contributed by atoms with van der Waals surface area (Å²) in [5.41, 5.74) is 2.94. The van der Waals surface area contributed by atoms with E-state index in [1.165, 1.54) is 49.4 Å². The average Bonchev–Trinajstić information content (AvgIpc) is 2.60. The SMILES string of the molecule is CCCCCC[n+]1c(C)[nH]c(CC)c1CC. The van der Waals surface area contributed by atoms with Gasteiger partial charge in [-0.25, -0.2) is 9.55 Å². The van der Waals surface area contributed by atoms with Crippen LogP contribution < -0.4 is 4.57 Å². The molecule has 0 saturated carbocycles. The van der Waals surface area contributed by atoms with Crippen LogP contribution in [0.1, 0.15) is 63.7 Å². The molecule has 0 unspecified atom stereocenters. The number of H-pyrrole nitrogens is 1. The fourth-order valence-corrected chi connectivity index (χ4v) is 2.42. The lowest BCUT2D eigenvalue weighted by Crippen LogP contribution is -2.39. The van der Waals surface area contributed by atoms with Gasteiger partial charge in [-0.1, -0.05) is 33.6 Å². The first-order chi connectivity index (χ1) is 7.74. The van der Waals surface area contributed by atoms with Gasteiger partial charge < -0.3 is 0 Å². The molecule has 1 aromatic rings. The van der Waals surface area contributed by atoms with Crippen LogP contribution in [0, 0.1) is 6.92 Å². The second-order valence-electron chi connectivity index (χ2n) is 4.56. The second kappa shape index (κ2) is 6.72. The third kappa shape index (κ3) is 3.10. The van der Waals surface area contributed by atoms with Crippen LogP contribution in [0.3, 0.4) is 0 Å². The maximum absolute atomic E-state index is 3.52. The third-order valence-electron chi connectivity index (χ3n) is 3.33. The van der Waals surface area contributed by atoms with Crippen LogP contribution in [-0.2, 0) is 19.4 Å². The van der Waals surface area contributed by atoms with Crippen LogP contribution in [0.25, 0.3) is 0 Å². The molecule has 0 aliphatic carbocycles. The summed E-state index contributed by atoms with van der Waals surface area (Å²) in [5.74, 6) is 1.32. The first-order valence-electron chi connectivity index (χ1n) is 6.84. The quantitative estimate of drug-likeness (QED) is 0.540. The zero-order valence-corrected chi connectivity index (χ0v) is 11.4. The molecule has 0 aliphatic rings. The van der Waals surface area contributed by atoms with Crippen molar-refractivity contribution >= 4 is 0 Å². The van der Waals surface area contributed by atoms with Crippen molar-refractivity contribution in [2.75, 3.05) is 0 Å². The van der Waals surface area contributed by atoms with Gasteiger partial charge in [-0.15, -0.1) is 0 Å². The topological polar surface area (TPSA) is 19.7 Å². The number of aromatic nitrogens is 2. The maximum atomic E-state index is 3.52. The minimum atomic E-state index is 1.12. The van der Waals surface area contributed by atoms with Crippen LogP contribution in [0.2, 0.25) is 0 Å². The summed E-state index contributed by atoms with van der Waals surface area (Å²) in [6, 6.07) is 0. The van der Waals surface area contributed by atoms with E-state index in [-0.39, 0.29) is 0 Å². The van der Waals surface area contributed by atoms with E-state index in [2.05, 4.69) is 37.2 Å². The summed E-state index contributed by atoms with van der Waals surface area (Å²) in [6.45, 7) is 10.1. The molecule has 1 N–H and O–H groups in total. The first kappa shape index (κ1) is 13.3. The van der Waals surface area contributed by atoms with E-state index in [9.17, 15) is 0 Å². The molecule has 0 fully saturated rings. The largest absolute Gasteiger partial charge is 0.251 e. The summed E-state index contributed by atoms with van der Waals surface area (Å²) in [6.07, 6.45) is 7.61. The Hall–Kier alpha value is -0.790. The van der Waals surface area contributed by atoms with Crippen molar-refractivity contribution in [1.29, 1.82) is 0 Å². The fourth-order valence-electron chi connectivity index (χ4n) is 2.42. The fraction of sp³-hybridized carbons (Fsp3) is 0.786. The van der Waals surface area contributed by atoms with E-state index in [1.54, 1.807) is 0 Å². The summed E-state index contributed by atoms with van der Waals surface area (Å²) in [4.78, 5) is 3.52. The van der Waals surface area contributed by atoms with Crippen molar-refractivity contribution in [2.24, 2.45) is 0 Å². The molecule has 0 aromatic carbocycles. The predicted molar refractivity (Wildman–Crippen MR) is 68.6 cm³/mol. The monoisotopic (exact) mass is 223 g/mol. The van der Waals surface area contributed by atoms with Gasteiger partial charge in [-0.3, -0.25) is 0 Å². The standard InChI is InChI=1S/C14H26N2/c1-5-8-9-10-11-16-12(4)15-13(6-2)14(16)7-3/h5-11H2,1-4H3/p+1. The van der Waals surface area contributed by atoms with Crippen LogP contribution in [0.5, 0.6) is 0 Å². The minimum absolute atomic E-state index is 1.12. The number of unbranched alkanes of at least 4 members (excludes halogenated alkanes) is 3. The van der Waals surface area contributed by atoms with Gasteiger partial charge in [0.1, 0.15) is 11.4 Å². The zero-order valence-electron chi connectivity index (χ0n) is 11.4. The Balaban J connectivity index is 2.66. The number of aromatic amines is 1. The first-order valence-corrected chi connectivity index (χ1v) is 6.84. The average molecular weight is 223 g/mol. The van der Waals surface area contributed by atoms with Gasteiger partial charge in [0.2, 0.25) is 0 Å². The smallest absolute Gasteiger partial charge is 0.245 e. The van der Waals surface area contributed by atoms with Gasteiger partial charge in [-0.2, -0.15) is 0 Å². The summed E-state index contributed by atoms with van der Waals surface area (Å²) < 4.78 is 2.48. The van der Waals surface area contributed by atoms with Gasteiger partial charge in [0.25, 0.3) is 5.82 Å². The molecule has 0 bridgehead atoms. The molecule has 92 valence electrons. The molecule has 1 heterocycles. The highest BCUT2D eigenvalue weighted by Gasteiger charge is 2.18. The van der Waals surface area contributed by atoms with Crippen LogP contribution in [0.15, 0.2) is 0 Å². The Morgan fingerprint density at radius 1 is 1.00 bits per heavy atom. The van der Waals surface area contributed by atoms with Crippen molar-refractivity contribution in [3.8, 4) is 0 Å². The van der Waals surface area contributed by atoms with Crippen molar-refractivity contribution < 1.29 is 4.57 Å². The molecule has 0 atom stereocenters. The molecule has 2 nitrogen and oxygen atoms in total. The van der Waals surface area contributed by atoms with E-state index < -0.39 is 0 Å². The highest BCUT2D eigenvalue weighted by atomic mass is 15.1. The van der Waals surface area contributed by atoms with Crippen LogP contribution >= 0.6 is 0 Å². The van der Waals surface area contributed by atoms with Crippen LogP contribution in [0.4, 0.5) is 0 Å². The van der Waals surface area contributed by atoms with E-state index >= 15 is 0 Å². The number of rotatable bonds is 7. The molecule has 16 heavy (non-hydrogen) atoms. The molecule has 0 saturated heterocycles. The Labute approximate surface area is 100 Å². The van der Waals surface area contributed by atoms with Crippen molar-refractivity contribution in [2.45, 2.75) is 72.8 Å². The van der Waals surface area contributed by atoms with E-state index in [0.717, 1.165) is 12.8 Å². The minimum Gasteiger partial charge on any atom is -0.245 e. The Bertz CT molecular complexity index is 313. The van der Waals surface area contributed by atoms with Gasteiger partial charge in [0.05, 0.1) is 6.54 Å². The van der Waals surface area contributed by atoms with Crippen molar-refractivity contribution in [3.63, 3.8) is 0 Å². The number of hydrogen-bond acceptors (Lipinski definition) is 0. The third-order valence-corrected chi connectivity index (χ3v) is 3.33. The maximum Gasteiger partial charge on any atom is 0.251 e. The van der Waals surface area contributed by atoms with Gasteiger partial charge >= 0.3 is 0 Å². The number of nitrogens with zero attached hydrogens (tertiary/aromatic N) is 1. The number of hydrogen-bond donors (Lipinski definition) is 1. The zero-order chi connectivity index (χ0) is 12.0. The molecule has 2 heteroatoms. The van der Waals surface area contributed by atoms with E-state index in [4.69, 9.17) is 0 Å². The highest BCUT2D eigenvalue weighted by Crippen LogP contribution is 2.07. The predicted octanol–water partition coefficient (Wildman–Crippen LogP) is 3.32. The van der Waals surface area contributed by atoms with E-state index in [0.29, 0.717) is 0 Å². The molecule has 0 amide bonds. The van der Waals surface area contributed by atoms with Crippen molar-refractivity contribution in [3.05, 3.63) is 17.2 Å². The molecule has 0 radical (unpaired) electrons. The summed E-state index contributed by atoms with van der Waals surface area (Å²) in [5, 5.41) is 0. The lowest BCUT2D eigenvalue weighted by Gasteiger charge is -2.02.